The van der Waals surface area contributed by atoms with Crippen LogP contribution in [0.4, 0.5) is 0 Å². The number of rotatable bonds is 5. The third kappa shape index (κ3) is 4.53. The SMILES string of the molecule is CC(C)Cn1ncnc1CC1(N)CCCC(C(C)C)CC1. The first-order valence-electron chi connectivity index (χ1n) is 8.55. The second-order valence-electron chi connectivity index (χ2n) is 7.73. The number of hydrogen-bond donors (Lipinski definition) is 1. The van der Waals surface area contributed by atoms with Crippen LogP contribution in [0.5, 0.6) is 0 Å². The Morgan fingerprint density at radius 3 is 2.71 bits per heavy atom. The molecule has 1 saturated carbocycles. The Kier molecular flexibility index (Phi) is 5.42. The molecule has 0 saturated heterocycles. The van der Waals surface area contributed by atoms with Gasteiger partial charge in [0.25, 0.3) is 0 Å². The van der Waals surface area contributed by atoms with Gasteiger partial charge in [0.2, 0.25) is 0 Å². The molecule has 2 unspecified atom stereocenters. The monoisotopic (exact) mass is 292 g/mol. The minimum absolute atomic E-state index is 0.0919. The fourth-order valence-corrected chi connectivity index (χ4v) is 3.54. The lowest BCUT2D eigenvalue weighted by atomic mass is 9.85. The van der Waals surface area contributed by atoms with Crippen molar-refractivity contribution in [1.82, 2.24) is 14.8 Å². The van der Waals surface area contributed by atoms with Crippen LogP contribution in [0.1, 0.15) is 65.6 Å². The van der Waals surface area contributed by atoms with Crippen LogP contribution in [0, 0.1) is 17.8 Å². The number of nitrogens with zero attached hydrogens (tertiary/aromatic N) is 3. The summed E-state index contributed by atoms with van der Waals surface area (Å²) in [7, 11) is 0. The normalized spacial score (nSPS) is 27.3. The Morgan fingerprint density at radius 2 is 2.05 bits per heavy atom. The van der Waals surface area contributed by atoms with Crippen LogP contribution in [0.2, 0.25) is 0 Å². The maximum Gasteiger partial charge on any atom is 0.138 e. The summed E-state index contributed by atoms with van der Waals surface area (Å²) in [6.07, 6.45) is 8.60. The van der Waals surface area contributed by atoms with E-state index in [2.05, 4.69) is 37.8 Å². The largest absolute Gasteiger partial charge is 0.325 e. The molecule has 1 aliphatic rings. The van der Waals surface area contributed by atoms with Gasteiger partial charge in [0, 0.05) is 18.5 Å². The van der Waals surface area contributed by atoms with Gasteiger partial charge in [-0.15, -0.1) is 0 Å². The zero-order valence-corrected chi connectivity index (χ0v) is 14.2. The van der Waals surface area contributed by atoms with E-state index in [0.29, 0.717) is 5.92 Å². The van der Waals surface area contributed by atoms with Crippen LogP contribution in [0.15, 0.2) is 6.33 Å². The Bertz CT molecular complexity index is 438. The van der Waals surface area contributed by atoms with E-state index >= 15 is 0 Å². The van der Waals surface area contributed by atoms with Crippen molar-refractivity contribution in [1.29, 1.82) is 0 Å². The van der Waals surface area contributed by atoms with Crippen molar-refractivity contribution < 1.29 is 0 Å². The van der Waals surface area contributed by atoms with Crippen molar-refractivity contribution >= 4 is 0 Å². The van der Waals surface area contributed by atoms with E-state index in [1.807, 2.05) is 4.68 Å². The summed E-state index contributed by atoms with van der Waals surface area (Å²) < 4.78 is 2.05. The molecule has 0 radical (unpaired) electrons. The van der Waals surface area contributed by atoms with Crippen LogP contribution in [-0.2, 0) is 13.0 Å². The van der Waals surface area contributed by atoms with Gasteiger partial charge >= 0.3 is 0 Å². The maximum absolute atomic E-state index is 6.73. The first kappa shape index (κ1) is 16.5. The second kappa shape index (κ2) is 6.91. The maximum atomic E-state index is 6.73. The molecule has 1 aromatic rings. The standard InChI is InChI=1S/C17H32N4/c1-13(2)11-21-16(19-12-20-21)10-17(18)8-5-6-15(7-9-17)14(3)4/h12-15H,5-11,18H2,1-4H3. The number of hydrogen-bond acceptors (Lipinski definition) is 3. The molecule has 0 spiro atoms. The molecule has 4 heteroatoms. The fourth-order valence-electron chi connectivity index (χ4n) is 3.54. The molecule has 0 aromatic carbocycles. The van der Waals surface area contributed by atoms with Gasteiger partial charge in [0.1, 0.15) is 12.2 Å². The minimum Gasteiger partial charge on any atom is -0.325 e. The molecule has 1 aromatic heterocycles. The highest BCUT2D eigenvalue weighted by Gasteiger charge is 2.31. The van der Waals surface area contributed by atoms with E-state index in [0.717, 1.165) is 43.5 Å². The molecule has 120 valence electrons. The molecule has 0 bridgehead atoms. The van der Waals surface area contributed by atoms with E-state index in [9.17, 15) is 0 Å². The zero-order valence-electron chi connectivity index (χ0n) is 14.2. The van der Waals surface area contributed by atoms with E-state index in [1.54, 1.807) is 6.33 Å². The molecule has 2 rings (SSSR count). The van der Waals surface area contributed by atoms with Crippen molar-refractivity contribution in [3.05, 3.63) is 12.2 Å². The summed E-state index contributed by atoms with van der Waals surface area (Å²) in [5.74, 6) is 3.26. The van der Waals surface area contributed by atoms with E-state index in [-0.39, 0.29) is 5.54 Å². The molecule has 0 amide bonds. The molecular weight excluding hydrogens is 260 g/mol. The van der Waals surface area contributed by atoms with Gasteiger partial charge in [-0.2, -0.15) is 5.10 Å². The van der Waals surface area contributed by atoms with Gasteiger partial charge in [-0.3, -0.25) is 0 Å². The first-order chi connectivity index (χ1) is 9.89. The van der Waals surface area contributed by atoms with Gasteiger partial charge in [0.05, 0.1) is 0 Å². The van der Waals surface area contributed by atoms with Crippen LogP contribution < -0.4 is 5.73 Å². The average molecular weight is 292 g/mol. The summed E-state index contributed by atoms with van der Waals surface area (Å²) in [5.41, 5.74) is 6.64. The number of nitrogens with two attached hydrogens (primary N) is 1. The zero-order chi connectivity index (χ0) is 15.5. The highest BCUT2D eigenvalue weighted by molar-refractivity contribution is 4.99. The van der Waals surface area contributed by atoms with Crippen molar-refractivity contribution in [2.45, 2.75) is 78.3 Å². The minimum atomic E-state index is -0.0919. The van der Waals surface area contributed by atoms with E-state index in [1.165, 1.54) is 19.3 Å². The molecule has 1 aliphatic carbocycles. The molecule has 4 nitrogen and oxygen atoms in total. The fraction of sp³-hybridized carbons (Fsp3) is 0.882. The van der Waals surface area contributed by atoms with Crippen molar-refractivity contribution in [2.75, 3.05) is 0 Å². The summed E-state index contributed by atoms with van der Waals surface area (Å²) in [5, 5.41) is 4.37. The lowest BCUT2D eigenvalue weighted by molar-refractivity contribution is 0.315. The molecule has 1 fully saturated rings. The Balaban J connectivity index is 2.02. The highest BCUT2D eigenvalue weighted by Crippen LogP contribution is 2.34. The predicted molar refractivity (Wildman–Crippen MR) is 86.9 cm³/mol. The topological polar surface area (TPSA) is 56.7 Å². The van der Waals surface area contributed by atoms with Crippen LogP contribution in [0.25, 0.3) is 0 Å². The molecule has 1 heterocycles. The molecule has 2 N–H and O–H groups in total. The Labute approximate surface area is 129 Å². The lowest BCUT2D eigenvalue weighted by Gasteiger charge is -2.28. The van der Waals surface area contributed by atoms with Gasteiger partial charge in [-0.05, 0) is 37.0 Å². The second-order valence-corrected chi connectivity index (χ2v) is 7.73. The first-order valence-corrected chi connectivity index (χ1v) is 8.55. The molecule has 0 aliphatic heterocycles. The summed E-state index contributed by atoms with van der Waals surface area (Å²) in [6, 6.07) is 0. The van der Waals surface area contributed by atoms with Crippen LogP contribution >= 0.6 is 0 Å². The molecular formula is C17H32N4. The Hall–Kier alpha value is -0.900. The van der Waals surface area contributed by atoms with Gasteiger partial charge in [0.15, 0.2) is 0 Å². The average Bonchev–Trinajstić information content (AvgIpc) is 2.69. The molecule has 21 heavy (non-hydrogen) atoms. The van der Waals surface area contributed by atoms with Gasteiger partial charge in [-0.1, -0.05) is 40.5 Å². The Morgan fingerprint density at radius 1 is 1.29 bits per heavy atom. The summed E-state index contributed by atoms with van der Waals surface area (Å²) in [4.78, 5) is 4.47. The summed E-state index contributed by atoms with van der Waals surface area (Å²) in [6.45, 7) is 10.0. The lowest BCUT2D eigenvalue weighted by Crippen LogP contribution is -2.42. The molecule has 2 atom stereocenters. The number of aromatic nitrogens is 3. The van der Waals surface area contributed by atoms with Crippen molar-refractivity contribution in [2.24, 2.45) is 23.5 Å². The third-order valence-corrected chi connectivity index (χ3v) is 4.95. The van der Waals surface area contributed by atoms with Gasteiger partial charge in [-0.25, -0.2) is 9.67 Å². The van der Waals surface area contributed by atoms with Crippen molar-refractivity contribution in [3.8, 4) is 0 Å². The van der Waals surface area contributed by atoms with E-state index in [4.69, 9.17) is 5.73 Å². The van der Waals surface area contributed by atoms with Crippen LogP contribution in [0.3, 0.4) is 0 Å². The quantitative estimate of drug-likeness (QED) is 0.846. The third-order valence-electron chi connectivity index (χ3n) is 4.95. The van der Waals surface area contributed by atoms with Crippen LogP contribution in [-0.4, -0.2) is 20.3 Å². The van der Waals surface area contributed by atoms with Crippen molar-refractivity contribution in [3.63, 3.8) is 0 Å². The predicted octanol–water partition coefficient (Wildman–Crippen LogP) is 3.41. The highest BCUT2D eigenvalue weighted by atomic mass is 15.3. The van der Waals surface area contributed by atoms with E-state index < -0.39 is 0 Å². The van der Waals surface area contributed by atoms with Gasteiger partial charge < -0.3 is 5.73 Å². The smallest absolute Gasteiger partial charge is 0.138 e. The summed E-state index contributed by atoms with van der Waals surface area (Å²) >= 11 is 0.